The Morgan fingerprint density at radius 1 is 1.50 bits per heavy atom. The fourth-order valence-corrected chi connectivity index (χ4v) is 2.52. The van der Waals surface area contributed by atoms with Gasteiger partial charge in [-0.3, -0.25) is 4.79 Å². The van der Waals surface area contributed by atoms with Gasteiger partial charge in [-0.15, -0.1) is 0 Å². The van der Waals surface area contributed by atoms with E-state index in [-0.39, 0.29) is 11.9 Å². The van der Waals surface area contributed by atoms with Crippen LogP contribution in [0.25, 0.3) is 0 Å². The van der Waals surface area contributed by atoms with Gasteiger partial charge in [0.1, 0.15) is 0 Å². The van der Waals surface area contributed by atoms with Crippen LogP contribution in [0.15, 0.2) is 18.2 Å². The van der Waals surface area contributed by atoms with Crippen molar-refractivity contribution in [2.24, 2.45) is 11.7 Å². The van der Waals surface area contributed by atoms with Crippen LogP contribution < -0.4 is 5.73 Å². The summed E-state index contributed by atoms with van der Waals surface area (Å²) in [6.45, 7) is 5.49. The fourth-order valence-electron chi connectivity index (χ4n) is 2.34. The van der Waals surface area contributed by atoms with E-state index in [1.807, 2.05) is 24.0 Å². The Morgan fingerprint density at radius 3 is 2.89 bits per heavy atom. The van der Waals surface area contributed by atoms with Crippen LogP contribution in [0.4, 0.5) is 0 Å². The second-order valence-electron chi connectivity index (χ2n) is 5.14. The van der Waals surface area contributed by atoms with E-state index in [2.05, 4.69) is 6.92 Å². The summed E-state index contributed by atoms with van der Waals surface area (Å²) in [5.41, 5.74) is 7.64. The van der Waals surface area contributed by atoms with Crippen molar-refractivity contribution in [3.8, 4) is 0 Å². The van der Waals surface area contributed by atoms with Gasteiger partial charge >= 0.3 is 0 Å². The number of nitrogens with zero attached hydrogens (tertiary/aromatic N) is 1. The van der Waals surface area contributed by atoms with E-state index < -0.39 is 0 Å². The molecule has 1 aromatic rings. The number of carbonyl (C=O) groups is 1. The van der Waals surface area contributed by atoms with Crippen LogP contribution in [-0.4, -0.2) is 29.9 Å². The molecule has 3 nitrogen and oxygen atoms in total. The number of hydrogen-bond acceptors (Lipinski definition) is 2. The van der Waals surface area contributed by atoms with Crippen LogP contribution in [0.3, 0.4) is 0 Å². The molecule has 18 heavy (non-hydrogen) atoms. The number of carbonyl (C=O) groups excluding carboxylic acids is 1. The van der Waals surface area contributed by atoms with Gasteiger partial charge < -0.3 is 10.6 Å². The number of rotatable bonds is 1. The number of halogens is 1. The summed E-state index contributed by atoms with van der Waals surface area (Å²) in [6, 6.07) is 5.64. The number of hydrogen-bond donors (Lipinski definition) is 1. The molecule has 0 radical (unpaired) electrons. The van der Waals surface area contributed by atoms with Crippen molar-refractivity contribution in [1.82, 2.24) is 4.90 Å². The summed E-state index contributed by atoms with van der Waals surface area (Å²) in [5, 5.41) is 0.603. The number of nitrogens with two attached hydrogens (primary N) is 1. The molecular weight excluding hydrogens is 248 g/mol. The average Bonchev–Trinajstić information content (AvgIpc) is 2.35. The summed E-state index contributed by atoms with van der Waals surface area (Å²) < 4.78 is 0. The highest BCUT2D eigenvalue weighted by molar-refractivity contribution is 6.31. The zero-order valence-electron chi connectivity index (χ0n) is 10.8. The van der Waals surface area contributed by atoms with Crippen molar-refractivity contribution < 1.29 is 4.79 Å². The Balaban J connectivity index is 2.19. The highest BCUT2D eigenvalue weighted by Crippen LogP contribution is 2.21. The second kappa shape index (κ2) is 5.29. The van der Waals surface area contributed by atoms with Crippen LogP contribution in [0.2, 0.25) is 5.02 Å². The number of benzene rings is 1. The van der Waals surface area contributed by atoms with Gasteiger partial charge in [-0.1, -0.05) is 24.6 Å². The van der Waals surface area contributed by atoms with Crippen LogP contribution in [0.1, 0.15) is 29.3 Å². The molecule has 1 amide bonds. The maximum absolute atomic E-state index is 12.5. The zero-order chi connectivity index (χ0) is 13.3. The van der Waals surface area contributed by atoms with Crippen LogP contribution >= 0.6 is 11.6 Å². The minimum absolute atomic E-state index is 0.0637. The van der Waals surface area contributed by atoms with Gasteiger partial charge in [-0.05, 0) is 37.0 Å². The van der Waals surface area contributed by atoms with Crippen molar-refractivity contribution in [2.75, 3.05) is 13.1 Å². The lowest BCUT2D eigenvalue weighted by molar-refractivity contribution is 0.0663. The van der Waals surface area contributed by atoms with Crippen LogP contribution in [0, 0.1) is 12.8 Å². The molecule has 0 spiro atoms. The zero-order valence-corrected chi connectivity index (χ0v) is 11.6. The van der Waals surface area contributed by atoms with E-state index in [1.165, 1.54) is 0 Å². The first-order valence-electron chi connectivity index (χ1n) is 6.30. The highest BCUT2D eigenvalue weighted by atomic mass is 35.5. The third-order valence-corrected chi connectivity index (χ3v) is 3.92. The first kappa shape index (κ1) is 13.4. The van der Waals surface area contributed by atoms with Gasteiger partial charge in [0.25, 0.3) is 5.91 Å². The molecule has 1 heterocycles. The fraction of sp³-hybridized carbons (Fsp3) is 0.500. The predicted octanol–water partition coefficient (Wildman–Crippen LogP) is 2.46. The van der Waals surface area contributed by atoms with Crippen molar-refractivity contribution in [3.05, 3.63) is 34.3 Å². The Bertz CT molecular complexity index is 461. The Labute approximate surface area is 113 Å². The van der Waals surface area contributed by atoms with Crippen molar-refractivity contribution in [3.63, 3.8) is 0 Å². The predicted molar refractivity (Wildman–Crippen MR) is 73.8 cm³/mol. The molecule has 0 bridgehead atoms. The molecule has 1 aliphatic heterocycles. The number of aryl methyl sites for hydroxylation is 1. The van der Waals surface area contributed by atoms with Gasteiger partial charge in [-0.2, -0.15) is 0 Å². The number of amides is 1. The first-order valence-corrected chi connectivity index (χ1v) is 6.68. The monoisotopic (exact) mass is 266 g/mol. The molecule has 1 aliphatic rings. The van der Waals surface area contributed by atoms with E-state index in [9.17, 15) is 4.79 Å². The minimum atomic E-state index is 0.0637. The summed E-state index contributed by atoms with van der Waals surface area (Å²) in [7, 11) is 0. The van der Waals surface area contributed by atoms with E-state index in [0.29, 0.717) is 16.5 Å². The Hall–Kier alpha value is -1.06. The molecule has 0 saturated carbocycles. The summed E-state index contributed by atoms with van der Waals surface area (Å²) in [4.78, 5) is 14.3. The molecule has 4 heteroatoms. The average molecular weight is 267 g/mol. The maximum Gasteiger partial charge on any atom is 0.254 e. The topological polar surface area (TPSA) is 46.3 Å². The molecule has 0 aromatic heterocycles. The molecule has 2 atom stereocenters. The molecule has 2 unspecified atom stereocenters. The normalized spacial score (nSPS) is 24.1. The van der Waals surface area contributed by atoms with Crippen molar-refractivity contribution in [1.29, 1.82) is 0 Å². The molecule has 0 aliphatic carbocycles. The van der Waals surface area contributed by atoms with Gasteiger partial charge in [0.05, 0.1) is 0 Å². The molecule has 2 rings (SSSR count). The molecule has 98 valence electrons. The Kier molecular flexibility index (Phi) is 3.93. The van der Waals surface area contributed by atoms with Crippen LogP contribution in [-0.2, 0) is 0 Å². The summed E-state index contributed by atoms with van der Waals surface area (Å²) in [5.74, 6) is 0.413. The van der Waals surface area contributed by atoms with Crippen molar-refractivity contribution in [2.45, 2.75) is 26.3 Å². The lowest BCUT2D eigenvalue weighted by Gasteiger charge is -2.35. The molecular formula is C14H19ClN2O. The van der Waals surface area contributed by atoms with E-state index in [1.54, 1.807) is 6.07 Å². The largest absolute Gasteiger partial charge is 0.338 e. The standard InChI is InChI=1S/C14H19ClN2O/c1-9-3-4-11(15)7-12(9)14(18)17-6-5-13(16)10(2)8-17/h3-4,7,10,13H,5-6,8,16H2,1-2H3. The van der Waals surface area contributed by atoms with Gasteiger partial charge in [0.2, 0.25) is 0 Å². The maximum atomic E-state index is 12.5. The van der Waals surface area contributed by atoms with E-state index >= 15 is 0 Å². The second-order valence-corrected chi connectivity index (χ2v) is 5.58. The number of likely N-dealkylation sites (tertiary alicyclic amines) is 1. The lowest BCUT2D eigenvalue weighted by atomic mass is 9.94. The first-order chi connectivity index (χ1) is 8.49. The van der Waals surface area contributed by atoms with Gasteiger partial charge in [0, 0.05) is 29.7 Å². The third-order valence-electron chi connectivity index (χ3n) is 3.69. The van der Waals surface area contributed by atoms with Gasteiger partial charge in [-0.25, -0.2) is 0 Å². The highest BCUT2D eigenvalue weighted by Gasteiger charge is 2.27. The molecule has 2 N–H and O–H groups in total. The smallest absolute Gasteiger partial charge is 0.254 e. The van der Waals surface area contributed by atoms with Crippen LogP contribution in [0.5, 0.6) is 0 Å². The summed E-state index contributed by atoms with van der Waals surface area (Å²) in [6.07, 6.45) is 0.868. The molecule has 1 saturated heterocycles. The number of piperidine rings is 1. The van der Waals surface area contributed by atoms with E-state index in [0.717, 1.165) is 25.1 Å². The SMILES string of the molecule is Cc1ccc(Cl)cc1C(=O)N1CCC(N)C(C)C1. The minimum Gasteiger partial charge on any atom is -0.338 e. The van der Waals surface area contributed by atoms with Crippen molar-refractivity contribution >= 4 is 17.5 Å². The molecule has 1 fully saturated rings. The third kappa shape index (κ3) is 2.68. The quantitative estimate of drug-likeness (QED) is 0.849. The van der Waals surface area contributed by atoms with Gasteiger partial charge in [0.15, 0.2) is 0 Å². The Morgan fingerprint density at radius 2 is 2.22 bits per heavy atom. The molecule has 1 aromatic carbocycles. The van der Waals surface area contributed by atoms with E-state index in [4.69, 9.17) is 17.3 Å². The summed E-state index contributed by atoms with van der Waals surface area (Å²) >= 11 is 5.96. The lowest BCUT2D eigenvalue weighted by Crippen LogP contribution is -2.48.